The van der Waals surface area contributed by atoms with Gasteiger partial charge in [-0.15, -0.1) is 0 Å². The Morgan fingerprint density at radius 1 is 1.38 bits per heavy atom. The van der Waals surface area contributed by atoms with E-state index in [0.717, 1.165) is 11.7 Å². The smallest absolute Gasteiger partial charge is 0.218 e. The molecule has 1 heterocycles. The van der Waals surface area contributed by atoms with E-state index in [4.69, 9.17) is 4.74 Å². The number of nitrogens with one attached hydrogen (secondary N) is 1. The topological polar surface area (TPSA) is 47.0 Å². The third kappa shape index (κ3) is 2.84. The SMILES string of the molecule is COc1cc(NC2CCCC(C)C2)ncn1. The van der Waals surface area contributed by atoms with Gasteiger partial charge in [-0.2, -0.15) is 0 Å². The fourth-order valence-electron chi connectivity index (χ4n) is 2.30. The number of hydrogen-bond donors (Lipinski definition) is 1. The molecule has 1 aromatic rings. The van der Waals surface area contributed by atoms with Gasteiger partial charge in [-0.25, -0.2) is 9.97 Å². The van der Waals surface area contributed by atoms with Crippen molar-refractivity contribution in [3.05, 3.63) is 12.4 Å². The van der Waals surface area contributed by atoms with Crippen LogP contribution in [-0.2, 0) is 0 Å². The molecule has 0 bridgehead atoms. The third-order valence-corrected chi connectivity index (χ3v) is 3.14. The van der Waals surface area contributed by atoms with Crippen molar-refractivity contribution >= 4 is 5.82 Å². The summed E-state index contributed by atoms with van der Waals surface area (Å²) in [5.41, 5.74) is 0. The van der Waals surface area contributed by atoms with Crippen LogP contribution < -0.4 is 10.1 Å². The van der Waals surface area contributed by atoms with E-state index in [9.17, 15) is 0 Å². The molecular formula is C12H19N3O. The second-order valence-corrected chi connectivity index (χ2v) is 4.56. The van der Waals surface area contributed by atoms with Crippen LogP contribution in [0, 0.1) is 5.92 Å². The van der Waals surface area contributed by atoms with Crippen molar-refractivity contribution in [3.8, 4) is 5.88 Å². The molecule has 0 spiro atoms. The summed E-state index contributed by atoms with van der Waals surface area (Å²) in [6, 6.07) is 2.39. The number of aromatic nitrogens is 2. The number of hydrogen-bond acceptors (Lipinski definition) is 4. The van der Waals surface area contributed by atoms with E-state index in [1.807, 2.05) is 6.07 Å². The average molecular weight is 221 g/mol. The first kappa shape index (κ1) is 11.2. The molecule has 16 heavy (non-hydrogen) atoms. The van der Waals surface area contributed by atoms with E-state index < -0.39 is 0 Å². The predicted molar refractivity (Wildman–Crippen MR) is 63.6 cm³/mol. The second kappa shape index (κ2) is 5.14. The first-order valence-electron chi connectivity index (χ1n) is 5.90. The van der Waals surface area contributed by atoms with Gasteiger partial charge in [0.05, 0.1) is 7.11 Å². The Kier molecular flexibility index (Phi) is 3.59. The van der Waals surface area contributed by atoms with E-state index in [1.165, 1.54) is 32.0 Å². The average Bonchev–Trinajstić information content (AvgIpc) is 2.29. The molecule has 1 fully saturated rings. The third-order valence-electron chi connectivity index (χ3n) is 3.14. The Balaban J connectivity index is 1.97. The van der Waals surface area contributed by atoms with E-state index in [0.29, 0.717) is 11.9 Å². The van der Waals surface area contributed by atoms with Crippen LogP contribution in [-0.4, -0.2) is 23.1 Å². The summed E-state index contributed by atoms with van der Waals surface area (Å²) in [5, 5.41) is 3.45. The van der Waals surface area contributed by atoms with E-state index in [-0.39, 0.29) is 0 Å². The highest BCUT2D eigenvalue weighted by Gasteiger charge is 2.18. The standard InChI is InChI=1S/C12H19N3O/c1-9-4-3-5-10(6-9)15-11-7-12(16-2)14-8-13-11/h7-10H,3-6H2,1-2H3,(H,13,14,15). The minimum atomic E-state index is 0.545. The van der Waals surface area contributed by atoms with Crippen molar-refractivity contribution in [2.45, 2.75) is 38.6 Å². The van der Waals surface area contributed by atoms with Crippen molar-refractivity contribution in [1.29, 1.82) is 0 Å². The maximum atomic E-state index is 5.07. The van der Waals surface area contributed by atoms with Gasteiger partial charge < -0.3 is 10.1 Å². The van der Waals surface area contributed by atoms with Crippen LogP contribution in [0.1, 0.15) is 32.6 Å². The molecule has 0 aromatic carbocycles. The lowest BCUT2D eigenvalue weighted by Crippen LogP contribution is -2.26. The zero-order valence-electron chi connectivity index (χ0n) is 9.94. The van der Waals surface area contributed by atoms with Gasteiger partial charge in [0, 0.05) is 12.1 Å². The Bertz CT molecular complexity index is 343. The number of methoxy groups -OCH3 is 1. The first-order chi connectivity index (χ1) is 7.78. The molecule has 4 nitrogen and oxygen atoms in total. The highest BCUT2D eigenvalue weighted by atomic mass is 16.5. The van der Waals surface area contributed by atoms with Crippen LogP contribution in [0.4, 0.5) is 5.82 Å². The molecule has 0 radical (unpaired) electrons. The number of ether oxygens (including phenoxy) is 1. The first-order valence-corrected chi connectivity index (χ1v) is 5.90. The van der Waals surface area contributed by atoms with Crippen molar-refractivity contribution in [2.75, 3.05) is 12.4 Å². The quantitative estimate of drug-likeness (QED) is 0.851. The largest absolute Gasteiger partial charge is 0.481 e. The van der Waals surface area contributed by atoms with E-state index >= 15 is 0 Å². The number of nitrogens with zero attached hydrogens (tertiary/aromatic N) is 2. The summed E-state index contributed by atoms with van der Waals surface area (Å²) in [6.45, 7) is 2.31. The zero-order chi connectivity index (χ0) is 11.4. The van der Waals surface area contributed by atoms with Crippen LogP contribution in [0.5, 0.6) is 5.88 Å². The summed E-state index contributed by atoms with van der Waals surface area (Å²) in [4.78, 5) is 8.20. The van der Waals surface area contributed by atoms with Crippen LogP contribution in [0.2, 0.25) is 0 Å². The molecule has 0 saturated heterocycles. The van der Waals surface area contributed by atoms with Gasteiger partial charge in [0.15, 0.2) is 0 Å². The number of anilines is 1. The van der Waals surface area contributed by atoms with Gasteiger partial charge in [-0.1, -0.05) is 19.8 Å². The summed E-state index contributed by atoms with van der Waals surface area (Å²) >= 11 is 0. The molecule has 0 amide bonds. The van der Waals surface area contributed by atoms with Crippen LogP contribution >= 0.6 is 0 Å². The molecule has 4 heteroatoms. The molecule has 2 rings (SSSR count). The lowest BCUT2D eigenvalue weighted by atomic mass is 9.87. The van der Waals surface area contributed by atoms with Gasteiger partial charge in [0.1, 0.15) is 12.1 Å². The van der Waals surface area contributed by atoms with E-state index in [2.05, 4.69) is 22.2 Å². The van der Waals surface area contributed by atoms with Gasteiger partial charge in [-0.3, -0.25) is 0 Å². The summed E-state index contributed by atoms with van der Waals surface area (Å²) in [7, 11) is 1.62. The predicted octanol–water partition coefficient (Wildman–Crippen LogP) is 2.48. The highest BCUT2D eigenvalue weighted by Crippen LogP contribution is 2.26. The number of rotatable bonds is 3. The Labute approximate surface area is 96.4 Å². The molecule has 1 aliphatic rings. The zero-order valence-corrected chi connectivity index (χ0v) is 9.94. The van der Waals surface area contributed by atoms with Crippen molar-refractivity contribution in [1.82, 2.24) is 9.97 Å². The summed E-state index contributed by atoms with van der Waals surface area (Å²) in [5.74, 6) is 2.29. The Hall–Kier alpha value is -1.32. The minimum Gasteiger partial charge on any atom is -0.481 e. The molecule has 1 N–H and O–H groups in total. The molecule has 2 atom stereocenters. The van der Waals surface area contributed by atoms with Crippen LogP contribution in [0.15, 0.2) is 12.4 Å². The highest BCUT2D eigenvalue weighted by molar-refractivity contribution is 5.38. The maximum Gasteiger partial charge on any atom is 0.218 e. The molecule has 88 valence electrons. The molecule has 1 saturated carbocycles. The van der Waals surface area contributed by atoms with Gasteiger partial charge in [-0.05, 0) is 18.8 Å². The molecule has 0 aliphatic heterocycles. The normalized spacial score (nSPS) is 25.1. The molecule has 2 unspecified atom stereocenters. The Morgan fingerprint density at radius 3 is 3.00 bits per heavy atom. The summed E-state index contributed by atoms with van der Waals surface area (Å²) < 4.78 is 5.07. The van der Waals surface area contributed by atoms with Gasteiger partial charge in [0.25, 0.3) is 0 Å². The molecular weight excluding hydrogens is 202 g/mol. The molecule has 1 aliphatic carbocycles. The van der Waals surface area contributed by atoms with E-state index in [1.54, 1.807) is 7.11 Å². The fourth-order valence-corrected chi connectivity index (χ4v) is 2.30. The van der Waals surface area contributed by atoms with Crippen molar-refractivity contribution < 1.29 is 4.74 Å². The van der Waals surface area contributed by atoms with Crippen molar-refractivity contribution in [2.24, 2.45) is 5.92 Å². The van der Waals surface area contributed by atoms with Crippen molar-refractivity contribution in [3.63, 3.8) is 0 Å². The van der Waals surface area contributed by atoms with Gasteiger partial charge in [0.2, 0.25) is 5.88 Å². The molecule has 1 aromatic heterocycles. The fraction of sp³-hybridized carbons (Fsp3) is 0.667. The Morgan fingerprint density at radius 2 is 2.25 bits per heavy atom. The van der Waals surface area contributed by atoms with Crippen LogP contribution in [0.25, 0.3) is 0 Å². The van der Waals surface area contributed by atoms with Crippen LogP contribution in [0.3, 0.4) is 0 Å². The second-order valence-electron chi connectivity index (χ2n) is 4.56. The summed E-state index contributed by atoms with van der Waals surface area (Å²) in [6.07, 6.45) is 6.66. The monoisotopic (exact) mass is 221 g/mol. The lowest BCUT2D eigenvalue weighted by Gasteiger charge is -2.27. The minimum absolute atomic E-state index is 0.545. The lowest BCUT2D eigenvalue weighted by molar-refractivity contribution is 0.357. The maximum absolute atomic E-state index is 5.07. The van der Waals surface area contributed by atoms with Gasteiger partial charge >= 0.3 is 0 Å².